The summed E-state index contributed by atoms with van der Waals surface area (Å²) >= 11 is 0. The second-order valence-electron chi connectivity index (χ2n) is 6.69. The van der Waals surface area contributed by atoms with E-state index in [0.29, 0.717) is 25.3 Å². The lowest BCUT2D eigenvalue weighted by molar-refractivity contribution is -0.129. The molecule has 144 valence electrons. The number of amides is 2. The molecule has 0 spiro atoms. The maximum Gasteiger partial charge on any atom is 0.261 e. The molecule has 2 aromatic rings. The Morgan fingerprint density at radius 3 is 2.74 bits per heavy atom. The number of para-hydroxylation sites is 1. The van der Waals surface area contributed by atoms with Crippen molar-refractivity contribution in [1.82, 2.24) is 20.0 Å². The smallest absolute Gasteiger partial charge is 0.261 e. The fourth-order valence-corrected chi connectivity index (χ4v) is 3.15. The van der Waals surface area contributed by atoms with Gasteiger partial charge in [0.25, 0.3) is 5.91 Å². The number of hydrogen-bond donors (Lipinski definition) is 1. The summed E-state index contributed by atoms with van der Waals surface area (Å²) in [6, 6.07) is 11.3. The molecule has 7 heteroatoms. The van der Waals surface area contributed by atoms with Crippen molar-refractivity contribution < 1.29 is 14.3 Å². The number of nitrogens with zero attached hydrogens (tertiary/aromatic N) is 3. The van der Waals surface area contributed by atoms with Crippen LogP contribution in [0.4, 0.5) is 0 Å². The second-order valence-corrected chi connectivity index (χ2v) is 6.69. The lowest BCUT2D eigenvalue weighted by Crippen LogP contribution is -2.37. The van der Waals surface area contributed by atoms with E-state index >= 15 is 0 Å². The highest BCUT2D eigenvalue weighted by Crippen LogP contribution is 2.15. The van der Waals surface area contributed by atoms with Crippen molar-refractivity contribution in [3.63, 3.8) is 0 Å². The van der Waals surface area contributed by atoms with E-state index in [2.05, 4.69) is 10.4 Å². The first-order chi connectivity index (χ1) is 13.1. The molecule has 0 radical (unpaired) electrons. The summed E-state index contributed by atoms with van der Waals surface area (Å²) < 4.78 is 7.70. The van der Waals surface area contributed by atoms with Crippen LogP contribution in [0.25, 0.3) is 0 Å². The number of nitrogens with one attached hydrogen (secondary N) is 1. The maximum absolute atomic E-state index is 12.5. The zero-order valence-electron chi connectivity index (χ0n) is 15.9. The third-order valence-corrected chi connectivity index (χ3v) is 4.64. The molecule has 1 aliphatic rings. The van der Waals surface area contributed by atoms with Crippen LogP contribution < -0.4 is 10.1 Å². The van der Waals surface area contributed by atoms with E-state index in [9.17, 15) is 9.59 Å². The molecule has 0 saturated heterocycles. The van der Waals surface area contributed by atoms with E-state index < -0.39 is 6.10 Å². The van der Waals surface area contributed by atoms with Crippen LogP contribution in [0, 0.1) is 0 Å². The summed E-state index contributed by atoms with van der Waals surface area (Å²) in [4.78, 5) is 26.0. The lowest BCUT2D eigenvalue weighted by Gasteiger charge is -2.17. The van der Waals surface area contributed by atoms with E-state index in [1.54, 1.807) is 6.92 Å². The largest absolute Gasteiger partial charge is 0.481 e. The van der Waals surface area contributed by atoms with Gasteiger partial charge in [-0.15, -0.1) is 0 Å². The third kappa shape index (κ3) is 4.87. The highest BCUT2D eigenvalue weighted by Gasteiger charge is 2.20. The topological polar surface area (TPSA) is 76.5 Å². The zero-order chi connectivity index (χ0) is 19.2. The third-order valence-electron chi connectivity index (χ3n) is 4.64. The molecule has 0 unspecified atom stereocenters. The molecular formula is C20H26N4O3. The van der Waals surface area contributed by atoms with Gasteiger partial charge in [-0.3, -0.25) is 14.3 Å². The number of benzene rings is 1. The predicted octanol–water partition coefficient (Wildman–Crippen LogP) is 2.11. The number of aromatic nitrogens is 2. The van der Waals surface area contributed by atoms with Gasteiger partial charge in [0.2, 0.25) is 5.91 Å². The standard InChI is InChI=1S/C20H26N4O3/c1-3-19(27-18-8-5-4-6-9-18)20(26)21-13-16-12-17-14-23(15(2)25)10-7-11-24(17)22-16/h4-6,8-9,12,19H,3,7,10-11,13-14H2,1-2H3,(H,21,26)/t19-/m1/s1. The molecule has 3 rings (SSSR count). The van der Waals surface area contributed by atoms with E-state index in [0.717, 1.165) is 30.9 Å². The summed E-state index contributed by atoms with van der Waals surface area (Å²) in [6.45, 7) is 5.94. The molecule has 1 atom stereocenters. The van der Waals surface area contributed by atoms with Gasteiger partial charge in [-0.25, -0.2) is 0 Å². The monoisotopic (exact) mass is 370 g/mol. The molecule has 0 saturated carbocycles. The Kier molecular flexibility index (Phi) is 6.11. The van der Waals surface area contributed by atoms with Gasteiger partial charge in [0.05, 0.1) is 24.5 Å². The van der Waals surface area contributed by atoms with Crippen LogP contribution in [0.3, 0.4) is 0 Å². The maximum atomic E-state index is 12.5. The van der Waals surface area contributed by atoms with Crippen molar-refractivity contribution in [2.45, 2.75) is 52.4 Å². The van der Waals surface area contributed by atoms with Crippen LogP contribution in [-0.2, 0) is 29.2 Å². The van der Waals surface area contributed by atoms with Crippen molar-refractivity contribution in [3.8, 4) is 5.75 Å². The Morgan fingerprint density at radius 1 is 1.26 bits per heavy atom. The molecule has 1 aliphatic heterocycles. The first-order valence-electron chi connectivity index (χ1n) is 9.37. The normalized spacial score (nSPS) is 14.8. The molecule has 1 aromatic carbocycles. The van der Waals surface area contributed by atoms with Crippen LogP contribution in [0.5, 0.6) is 5.75 Å². The average Bonchev–Trinajstić information content (AvgIpc) is 2.94. The summed E-state index contributed by atoms with van der Waals surface area (Å²) in [5.74, 6) is 0.593. The molecule has 7 nitrogen and oxygen atoms in total. The zero-order valence-corrected chi connectivity index (χ0v) is 15.9. The number of rotatable bonds is 6. The average molecular weight is 370 g/mol. The number of hydrogen-bond acceptors (Lipinski definition) is 4. The predicted molar refractivity (Wildman–Crippen MR) is 101 cm³/mol. The number of fused-ring (bicyclic) bond motifs is 1. The van der Waals surface area contributed by atoms with Gasteiger partial charge < -0.3 is 15.0 Å². The van der Waals surface area contributed by atoms with Gasteiger partial charge in [0, 0.05) is 20.0 Å². The molecule has 2 amide bonds. The molecule has 0 bridgehead atoms. The van der Waals surface area contributed by atoms with Crippen LogP contribution in [0.15, 0.2) is 36.4 Å². The number of carbonyl (C=O) groups is 2. The van der Waals surface area contributed by atoms with Crippen molar-refractivity contribution in [1.29, 1.82) is 0 Å². The van der Waals surface area contributed by atoms with Crippen molar-refractivity contribution in [2.24, 2.45) is 0 Å². The fourth-order valence-electron chi connectivity index (χ4n) is 3.15. The molecule has 0 aliphatic carbocycles. The SMILES string of the molecule is CC[C@@H](Oc1ccccc1)C(=O)NCc1cc2n(n1)CCCN(C(C)=O)C2. The first kappa shape index (κ1) is 18.9. The van der Waals surface area contributed by atoms with E-state index in [1.165, 1.54) is 0 Å². The Bertz CT molecular complexity index is 788. The van der Waals surface area contributed by atoms with E-state index in [1.807, 2.05) is 52.9 Å². The minimum absolute atomic E-state index is 0.0725. The van der Waals surface area contributed by atoms with Crippen LogP contribution in [0.1, 0.15) is 38.1 Å². The van der Waals surface area contributed by atoms with E-state index in [4.69, 9.17) is 4.74 Å². The van der Waals surface area contributed by atoms with Crippen LogP contribution in [-0.4, -0.2) is 39.1 Å². The molecule has 1 N–H and O–H groups in total. The highest BCUT2D eigenvalue weighted by atomic mass is 16.5. The van der Waals surface area contributed by atoms with Gasteiger partial charge in [-0.1, -0.05) is 25.1 Å². The van der Waals surface area contributed by atoms with Crippen LogP contribution in [0.2, 0.25) is 0 Å². The van der Waals surface area contributed by atoms with Crippen LogP contribution >= 0.6 is 0 Å². The van der Waals surface area contributed by atoms with E-state index in [-0.39, 0.29) is 11.8 Å². The van der Waals surface area contributed by atoms with Gasteiger partial charge in [0.1, 0.15) is 5.75 Å². The van der Waals surface area contributed by atoms with Gasteiger partial charge in [-0.05, 0) is 31.0 Å². The molecule has 0 fully saturated rings. The van der Waals surface area contributed by atoms with Gasteiger partial charge >= 0.3 is 0 Å². The Hall–Kier alpha value is -2.83. The van der Waals surface area contributed by atoms with Crippen molar-refractivity contribution in [2.75, 3.05) is 6.54 Å². The molecular weight excluding hydrogens is 344 g/mol. The lowest BCUT2D eigenvalue weighted by atomic mass is 10.2. The Morgan fingerprint density at radius 2 is 2.04 bits per heavy atom. The molecule has 27 heavy (non-hydrogen) atoms. The summed E-state index contributed by atoms with van der Waals surface area (Å²) in [6.07, 6.45) is 0.915. The minimum Gasteiger partial charge on any atom is -0.481 e. The fraction of sp³-hybridized carbons (Fsp3) is 0.450. The summed E-state index contributed by atoms with van der Waals surface area (Å²) in [5.41, 5.74) is 1.79. The number of aryl methyl sites for hydroxylation is 1. The summed E-state index contributed by atoms with van der Waals surface area (Å²) in [7, 11) is 0. The Labute approximate surface area is 159 Å². The number of carbonyl (C=O) groups excluding carboxylic acids is 2. The van der Waals surface area contributed by atoms with Crippen molar-refractivity contribution in [3.05, 3.63) is 47.8 Å². The minimum atomic E-state index is -0.541. The first-order valence-corrected chi connectivity index (χ1v) is 9.37. The van der Waals surface area contributed by atoms with Gasteiger partial charge in [-0.2, -0.15) is 5.10 Å². The molecule has 1 aromatic heterocycles. The number of ether oxygens (including phenoxy) is 1. The molecule has 2 heterocycles. The second kappa shape index (κ2) is 8.70. The summed E-state index contributed by atoms with van der Waals surface area (Å²) in [5, 5.41) is 7.48. The Balaban J connectivity index is 1.59. The van der Waals surface area contributed by atoms with Crippen molar-refractivity contribution >= 4 is 11.8 Å². The van der Waals surface area contributed by atoms with Gasteiger partial charge in [0.15, 0.2) is 6.10 Å². The highest BCUT2D eigenvalue weighted by molar-refractivity contribution is 5.81. The quantitative estimate of drug-likeness (QED) is 0.845.